The van der Waals surface area contributed by atoms with E-state index in [9.17, 15) is 4.79 Å². The predicted molar refractivity (Wildman–Crippen MR) is 75.6 cm³/mol. The van der Waals surface area contributed by atoms with Gasteiger partial charge in [-0.2, -0.15) is 0 Å². The molecule has 1 heterocycles. The van der Waals surface area contributed by atoms with Crippen LogP contribution in [0.5, 0.6) is 0 Å². The van der Waals surface area contributed by atoms with Crippen molar-refractivity contribution < 1.29 is 4.79 Å². The number of likely N-dealkylation sites (tertiary alicyclic amines) is 1. The van der Waals surface area contributed by atoms with Gasteiger partial charge in [0.25, 0.3) is 0 Å². The second kappa shape index (κ2) is 7.74. The third-order valence-electron chi connectivity index (χ3n) is 3.94. The van der Waals surface area contributed by atoms with Crippen LogP contribution in [0.2, 0.25) is 0 Å². The van der Waals surface area contributed by atoms with E-state index in [2.05, 4.69) is 43.4 Å². The monoisotopic (exact) mass is 255 g/mol. The third-order valence-corrected chi connectivity index (χ3v) is 3.94. The quantitative estimate of drug-likeness (QED) is 0.750. The van der Waals surface area contributed by atoms with E-state index in [0.717, 1.165) is 26.1 Å². The van der Waals surface area contributed by atoms with Crippen molar-refractivity contribution in [3.63, 3.8) is 0 Å². The molecule has 1 fully saturated rings. The first-order chi connectivity index (χ1) is 8.54. The van der Waals surface area contributed by atoms with Gasteiger partial charge in [-0.15, -0.1) is 0 Å². The lowest BCUT2D eigenvalue weighted by Crippen LogP contribution is -2.51. The van der Waals surface area contributed by atoms with Crippen molar-refractivity contribution in [1.29, 1.82) is 0 Å². The molecule has 2 N–H and O–H groups in total. The van der Waals surface area contributed by atoms with Crippen LogP contribution in [0, 0.1) is 5.92 Å². The molecule has 1 rings (SSSR count). The molecule has 0 radical (unpaired) electrons. The zero-order valence-corrected chi connectivity index (χ0v) is 12.3. The molecule has 4 heteroatoms. The maximum absolute atomic E-state index is 11.5. The van der Waals surface area contributed by atoms with Crippen LogP contribution in [-0.2, 0) is 4.79 Å². The van der Waals surface area contributed by atoms with E-state index in [1.807, 2.05) is 0 Å². The summed E-state index contributed by atoms with van der Waals surface area (Å²) < 4.78 is 0. The summed E-state index contributed by atoms with van der Waals surface area (Å²) in [7, 11) is 2.19. The van der Waals surface area contributed by atoms with Gasteiger partial charge in [0.05, 0.1) is 0 Å². The fourth-order valence-corrected chi connectivity index (χ4v) is 2.55. The lowest BCUT2D eigenvalue weighted by atomic mass is 9.90. The van der Waals surface area contributed by atoms with Gasteiger partial charge in [0.2, 0.25) is 5.91 Å². The van der Waals surface area contributed by atoms with Gasteiger partial charge in [0, 0.05) is 38.1 Å². The molecule has 3 atom stereocenters. The smallest absolute Gasteiger partial charge is 0.221 e. The molecule has 3 unspecified atom stereocenters. The Balaban J connectivity index is 2.20. The summed E-state index contributed by atoms with van der Waals surface area (Å²) in [5.41, 5.74) is 0. The molecule has 1 saturated heterocycles. The molecule has 0 aromatic rings. The molecule has 0 aromatic heterocycles. The van der Waals surface area contributed by atoms with E-state index in [0.29, 0.717) is 24.4 Å². The first-order valence-corrected chi connectivity index (χ1v) is 7.24. The van der Waals surface area contributed by atoms with Gasteiger partial charge in [-0.1, -0.05) is 13.8 Å². The van der Waals surface area contributed by atoms with Crippen LogP contribution in [0.4, 0.5) is 0 Å². The fourth-order valence-electron chi connectivity index (χ4n) is 2.55. The Bertz CT molecular complexity index is 257. The normalized spacial score (nSPS) is 29.2. The number of piperidine rings is 1. The van der Waals surface area contributed by atoms with E-state index in [1.165, 1.54) is 6.42 Å². The van der Waals surface area contributed by atoms with Crippen LogP contribution >= 0.6 is 0 Å². The Morgan fingerprint density at radius 2 is 2.06 bits per heavy atom. The maximum Gasteiger partial charge on any atom is 0.221 e. The summed E-state index contributed by atoms with van der Waals surface area (Å²) in [6, 6.07) is 1.18. The van der Waals surface area contributed by atoms with Gasteiger partial charge in [-0.05, 0) is 32.7 Å². The van der Waals surface area contributed by atoms with Crippen molar-refractivity contribution in [3.05, 3.63) is 0 Å². The predicted octanol–water partition coefficient (Wildman–Crippen LogP) is 1.22. The Morgan fingerprint density at radius 1 is 1.33 bits per heavy atom. The third kappa shape index (κ3) is 4.94. The van der Waals surface area contributed by atoms with Gasteiger partial charge in [0.15, 0.2) is 0 Å². The molecule has 0 aliphatic carbocycles. The second-order valence-electron chi connectivity index (χ2n) is 5.66. The number of hydrogen-bond donors (Lipinski definition) is 2. The Morgan fingerprint density at radius 3 is 2.72 bits per heavy atom. The number of rotatable bonds is 6. The van der Waals surface area contributed by atoms with E-state index in [4.69, 9.17) is 0 Å². The summed E-state index contributed by atoms with van der Waals surface area (Å²) in [5.74, 6) is 0.822. The Kier molecular flexibility index (Phi) is 6.65. The Hall–Kier alpha value is -0.610. The van der Waals surface area contributed by atoms with E-state index in [-0.39, 0.29) is 5.91 Å². The minimum absolute atomic E-state index is 0.165. The highest BCUT2D eigenvalue weighted by Crippen LogP contribution is 2.20. The van der Waals surface area contributed by atoms with Gasteiger partial charge in [-0.3, -0.25) is 4.79 Å². The number of carbonyl (C=O) groups excluding carboxylic acids is 1. The number of amides is 1. The molecular weight excluding hydrogens is 226 g/mol. The van der Waals surface area contributed by atoms with Gasteiger partial charge < -0.3 is 15.5 Å². The molecule has 18 heavy (non-hydrogen) atoms. The topological polar surface area (TPSA) is 44.4 Å². The van der Waals surface area contributed by atoms with Crippen molar-refractivity contribution in [1.82, 2.24) is 15.5 Å². The number of hydrogen-bond acceptors (Lipinski definition) is 3. The minimum Gasteiger partial charge on any atom is -0.356 e. The molecule has 0 spiro atoms. The molecule has 1 aliphatic heterocycles. The van der Waals surface area contributed by atoms with Crippen molar-refractivity contribution >= 4 is 5.91 Å². The van der Waals surface area contributed by atoms with Crippen molar-refractivity contribution in [2.75, 3.05) is 26.7 Å². The summed E-state index contributed by atoms with van der Waals surface area (Å²) in [5, 5.41) is 6.45. The van der Waals surface area contributed by atoms with Crippen LogP contribution in [0.1, 0.15) is 40.0 Å². The first kappa shape index (κ1) is 15.4. The highest BCUT2D eigenvalue weighted by molar-refractivity contribution is 5.75. The first-order valence-electron chi connectivity index (χ1n) is 7.24. The van der Waals surface area contributed by atoms with Gasteiger partial charge in [0.1, 0.15) is 0 Å². The van der Waals surface area contributed by atoms with Gasteiger partial charge in [-0.25, -0.2) is 0 Å². The van der Waals surface area contributed by atoms with E-state index in [1.54, 1.807) is 0 Å². The zero-order valence-electron chi connectivity index (χ0n) is 12.3. The molecule has 0 saturated carbocycles. The molecule has 1 aliphatic rings. The highest BCUT2D eigenvalue weighted by atomic mass is 16.1. The maximum atomic E-state index is 11.5. The molecule has 0 aromatic carbocycles. The Labute approximate surface area is 111 Å². The van der Waals surface area contributed by atoms with Crippen LogP contribution < -0.4 is 10.6 Å². The summed E-state index contributed by atoms with van der Waals surface area (Å²) in [4.78, 5) is 13.9. The number of nitrogens with zero attached hydrogens (tertiary/aromatic N) is 1. The second-order valence-corrected chi connectivity index (χ2v) is 5.66. The van der Waals surface area contributed by atoms with Crippen LogP contribution in [0.3, 0.4) is 0 Å². The van der Waals surface area contributed by atoms with E-state index < -0.39 is 0 Å². The van der Waals surface area contributed by atoms with Gasteiger partial charge >= 0.3 is 0 Å². The SMILES string of the molecule is CCCNC(=O)CCNC1CC(C)N(C)CC1C. The molecular formula is C14H29N3O. The summed E-state index contributed by atoms with van der Waals surface area (Å²) in [6.07, 6.45) is 2.77. The van der Waals surface area contributed by atoms with Crippen molar-refractivity contribution in [2.24, 2.45) is 5.92 Å². The molecule has 106 valence electrons. The summed E-state index contributed by atoms with van der Waals surface area (Å²) >= 11 is 0. The minimum atomic E-state index is 0.165. The number of carbonyl (C=O) groups is 1. The van der Waals surface area contributed by atoms with Crippen LogP contribution in [0.25, 0.3) is 0 Å². The summed E-state index contributed by atoms with van der Waals surface area (Å²) in [6.45, 7) is 9.36. The van der Waals surface area contributed by atoms with Crippen LogP contribution in [-0.4, -0.2) is 49.6 Å². The zero-order chi connectivity index (χ0) is 13.5. The van der Waals surface area contributed by atoms with E-state index >= 15 is 0 Å². The lowest BCUT2D eigenvalue weighted by molar-refractivity contribution is -0.121. The highest BCUT2D eigenvalue weighted by Gasteiger charge is 2.28. The molecule has 1 amide bonds. The number of nitrogens with one attached hydrogen (secondary N) is 2. The average molecular weight is 255 g/mol. The fraction of sp³-hybridized carbons (Fsp3) is 0.929. The average Bonchev–Trinajstić information content (AvgIpc) is 2.33. The lowest BCUT2D eigenvalue weighted by Gasteiger charge is -2.40. The van der Waals surface area contributed by atoms with Crippen LogP contribution in [0.15, 0.2) is 0 Å². The molecule has 4 nitrogen and oxygen atoms in total. The van der Waals surface area contributed by atoms with Crippen molar-refractivity contribution in [3.8, 4) is 0 Å². The molecule has 0 bridgehead atoms. The largest absolute Gasteiger partial charge is 0.356 e. The standard InChI is InChI=1S/C14H29N3O/c1-5-7-16-14(18)6-8-15-13-9-12(3)17(4)10-11(13)2/h11-13,15H,5-10H2,1-4H3,(H,16,18). The van der Waals surface area contributed by atoms with Crippen molar-refractivity contribution in [2.45, 2.75) is 52.1 Å².